The summed E-state index contributed by atoms with van der Waals surface area (Å²) < 4.78 is 10.2. The van der Waals surface area contributed by atoms with Crippen molar-refractivity contribution in [3.63, 3.8) is 0 Å². The number of phenolic OH excluding ortho intramolecular Hbond substituents is 1. The van der Waals surface area contributed by atoms with Gasteiger partial charge in [-0.2, -0.15) is 0 Å². The highest BCUT2D eigenvalue weighted by atomic mass is 16.5. The summed E-state index contributed by atoms with van der Waals surface area (Å²) in [4.78, 5) is 24.8. The minimum absolute atomic E-state index is 0.0411. The van der Waals surface area contributed by atoms with Gasteiger partial charge in [0.2, 0.25) is 0 Å². The van der Waals surface area contributed by atoms with Gasteiger partial charge in [0.25, 0.3) is 0 Å². The van der Waals surface area contributed by atoms with E-state index in [9.17, 15) is 14.7 Å². The third kappa shape index (κ3) is 3.01. The van der Waals surface area contributed by atoms with Crippen LogP contribution in [0.3, 0.4) is 0 Å². The summed E-state index contributed by atoms with van der Waals surface area (Å²) in [5.41, 5.74) is 1.46. The van der Waals surface area contributed by atoms with Gasteiger partial charge in [-0.1, -0.05) is 48.5 Å². The SMILES string of the molecule is COC(=O)c1cc2c(=O)oc3ccccc3c2c(CCc2ccccc2)c1O. The number of methoxy groups -OCH3 is 1. The molecule has 3 aromatic carbocycles. The van der Waals surface area contributed by atoms with Crippen LogP contribution in [0.4, 0.5) is 0 Å². The first-order valence-corrected chi connectivity index (χ1v) is 8.92. The van der Waals surface area contributed by atoms with Gasteiger partial charge in [-0.15, -0.1) is 0 Å². The minimum atomic E-state index is -0.701. The number of esters is 1. The number of fused-ring (bicyclic) bond motifs is 3. The molecule has 0 saturated carbocycles. The topological polar surface area (TPSA) is 76.7 Å². The van der Waals surface area contributed by atoms with Gasteiger partial charge >= 0.3 is 11.6 Å². The predicted molar refractivity (Wildman–Crippen MR) is 107 cm³/mol. The number of para-hydroxylation sites is 1. The van der Waals surface area contributed by atoms with Crippen molar-refractivity contribution in [3.8, 4) is 5.75 Å². The number of carbonyl (C=O) groups excluding carboxylic acids is 1. The minimum Gasteiger partial charge on any atom is -0.507 e. The summed E-state index contributed by atoms with van der Waals surface area (Å²) >= 11 is 0. The first-order valence-electron chi connectivity index (χ1n) is 8.92. The van der Waals surface area contributed by atoms with Crippen molar-refractivity contribution in [1.82, 2.24) is 0 Å². The number of rotatable bonds is 4. The van der Waals surface area contributed by atoms with Crippen molar-refractivity contribution < 1.29 is 19.1 Å². The highest BCUT2D eigenvalue weighted by Gasteiger charge is 2.22. The van der Waals surface area contributed by atoms with Gasteiger partial charge in [0.05, 0.1) is 12.5 Å². The molecule has 0 aliphatic heterocycles. The molecule has 5 nitrogen and oxygen atoms in total. The van der Waals surface area contributed by atoms with E-state index in [0.29, 0.717) is 34.8 Å². The zero-order valence-electron chi connectivity index (χ0n) is 15.3. The summed E-state index contributed by atoms with van der Waals surface area (Å²) in [5.74, 6) is -0.862. The summed E-state index contributed by atoms with van der Waals surface area (Å²) in [6.45, 7) is 0. The number of carbonyl (C=O) groups is 1. The van der Waals surface area contributed by atoms with Crippen LogP contribution in [0.5, 0.6) is 5.75 Å². The normalized spacial score (nSPS) is 11.0. The van der Waals surface area contributed by atoms with E-state index in [1.165, 1.54) is 13.2 Å². The molecule has 0 atom stereocenters. The summed E-state index contributed by atoms with van der Waals surface area (Å²) in [6.07, 6.45) is 1.09. The molecule has 0 aliphatic rings. The average molecular weight is 374 g/mol. The van der Waals surface area contributed by atoms with Gasteiger partial charge in [-0.3, -0.25) is 0 Å². The van der Waals surface area contributed by atoms with Gasteiger partial charge in [-0.05, 0) is 30.5 Å². The van der Waals surface area contributed by atoms with Crippen LogP contribution < -0.4 is 5.63 Å². The molecule has 0 bridgehead atoms. The molecule has 140 valence electrons. The van der Waals surface area contributed by atoms with Crippen molar-refractivity contribution >= 4 is 27.7 Å². The first-order chi connectivity index (χ1) is 13.6. The Morgan fingerprint density at radius 1 is 1.00 bits per heavy atom. The summed E-state index contributed by atoms with van der Waals surface area (Å²) in [5, 5.41) is 12.5. The molecule has 4 aromatic rings. The second-order valence-electron chi connectivity index (χ2n) is 6.54. The predicted octanol–water partition coefficient (Wildman–Crippen LogP) is 4.22. The molecule has 0 saturated heterocycles. The lowest BCUT2D eigenvalue weighted by atomic mass is 9.93. The van der Waals surface area contributed by atoms with E-state index in [2.05, 4.69) is 0 Å². The van der Waals surface area contributed by atoms with Gasteiger partial charge in [0.15, 0.2) is 0 Å². The van der Waals surface area contributed by atoms with E-state index < -0.39 is 11.6 Å². The van der Waals surface area contributed by atoms with Crippen LogP contribution in [0.1, 0.15) is 21.5 Å². The van der Waals surface area contributed by atoms with Crippen LogP contribution in [0, 0.1) is 0 Å². The van der Waals surface area contributed by atoms with Crippen molar-refractivity contribution in [3.05, 3.63) is 87.8 Å². The number of ether oxygens (including phenoxy) is 1. The van der Waals surface area contributed by atoms with Crippen LogP contribution >= 0.6 is 0 Å². The van der Waals surface area contributed by atoms with Crippen LogP contribution in [-0.4, -0.2) is 18.2 Å². The average Bonchev–Trinajstić information content (AvgIpc) is 2.73. The maximum atomic E-state index is 12.6. The number of aryl methyl sites for hydroxylation is 2. The monoisotopic (exact) mass is 374 g/mol. The van der Waals surface area contributed by atoms with E-state index in [-0.39, 0.29) is 16.7 Å². The molecule has 0 unspecified atom stereocenters. The van der Waals surface area contributed by atoms with Crippen molar-refractivity contribution in [2.45, 2.75) is 12.8 Å². The Hall–Kier alpha value is -3.60. The maximum Gasteiger partial charge on any atom is 0.344 e. The number of aromatic hydroxyl groups is 1. The van der Waals surface area contributed by atoms with E-state index >= 15 is 0 Å². The number of phenols is 1. The summed E-state index contributed by atoms with van der Waals surface area (Å²) in [7, 11) is 1.23. The second-order valence-corrected chi connectivity index (χ2v) is 6.54. The Balaban J connectivity index is 2.01. The molecule has 0 aliphatic carbocycles. The van der Waals surface area contributed by atoms with Crippen LogP contribution in [-0.2, 0) is 17.6 Å². The smallest absolute Gasteiger partial charge is 0.344 e. The van der Waals surface area contributed by atoms with Crippen molar-refractivity contribution in [2.24, 2.45) is 0 Å². The molecule has 0 spiro atoms. The maximum absolute atomic E-state index is 12.6. The van der Waals surface area contributed by atoms with Crippen molar-refractivity contribution in [1.29, 1.82) is 0 Å². The summed E-state index contributed by atoms with van der Waals surface area (Å²) in [6, 6.07) is 18.3. The quantitative estimate of drug-likeness (QED) is 0.329. The first kappa shape index (κ1) is 17.8. The number of hydrogen-bond donors (Lipinski definition) is 1. The molecule has 28 heavy (non-hydrogen) atoms. The Morgan fingerprint density at radius 2 is 1.71 bits per heavy atom. The Kier molecular flexibility index (Phi) is 4.57. The molecule has 5 heteroatoms. The third-order valence-corrected chi connectivity index (χ3v) is 4.89. The number of benzene rings is 3. The van der Waals surface area contributed by atoms with Crippen LogP contribution in [0.2, 0.25) is 0 Å². The highest BCUT2D eigenvalue weighted by molar-refractivity contribution is 6.10. The molecule has 0 fully saturated rings. The van der Waals surface area contributed by atoms with Gasteiger partial charge in [-0.25, -0.2) is 9.59 Å². The molecule has 0 amide bonds. The fourth-order valence-electron chi connectivity index (χ4n) is 3.54. The Morgan fingerprint density at radius 3 is 2.46 bits per heavy atom. The van der Waals surface area contributed by atoms with Crippen molar-refractivity contribution in [2.75, 3.05) is 7.11 Å². The Labute approximate surface area is 160 Å². The van der Waals surface area contributed by atoms with E-state index in [1.807, 2.05) is 42.5 Å². The van der Waals surface area contributed by atoms with Gasteiger partial charge < -0.3 is 14.3 Å². The molecular formula is C23H18O5. The van der Waals surface area contributed by atoms with E-state index in [4.69, 9.17) is 9.15 Å². The zero-order chi connectivity index (χ0) is 19.7. The van der Waals surface area contributed by atoms with Crippen LogP contribution in [0.25, 0.3) is 21.7 Å². The molecular weight excluding hydrogens is 356 g/mol. The van der Waals surface area contributed by atoms with E-state index in [0.717, 1.165) is 5.56 Å². The molecule has 1 N–H and O–H groups in total. The van der Waals surface area contributed by atoms with E-state index in [1.54, 1.807) is 12.1 Å². The standard InChI is InChI=1S/C23H18O5/c1-27-22(25)18-13-17-20(15-9-5-6-10-19(15)28-23(17)26)16(21(18)24)12-11-14-7-3-2-4-8-14/h2-10,13,24H,11-12H2,1H3. The highest BCUT2D eigenvalue weighted by Crippen LogP contribution is 2.35. The molecule has 1 heterocycles. The zero-order valence-corrected chi connectivity index (χ0v) is 15.3. The fourth-order valence-corrected chi connectivity index (χ4v) is 3.54. The molecule has 1 aromatic heterocycles. The largest absolute Gasteiger partial charge is 0.507 e. The number of hydrogen-bond acceptors (Lipinski definition) is 5. The lowest BCUT2D eigenvalue weighted by Gasteiger charge is -2.14. The van der Waals surface area contributed by atoms with Crippen LogP contribution in [0.15, 0.2) is 69.9 Å². The lowest BCUT2D eigenvalue weighted by Crippen LogP contribution is -2.09. The molecule has 0 radical (unpaired) electrons. The second kappa shape index (κ2) is 7.19. The lowest BCUT2D eigenvalue weighted by molar-refractivity contribution is 0.0597. The Bertz CT molecular complexity index is 1240. The fraction of sp³-hybridized carbons (Fsp3) is 0.130. The molecule has 4 rings (SSSR count). The third-order valence-electron chi connectivity index (χ3n) is 4.89. The van der Waals surface area contributed by atoms with Gasteiger partial charge in [0.1, 0.15) is 16.9 Å². The van der Waals surface area contributed by atoms with Gasteiger partial charge in [0, 0.05) is 16.3 Å².